The molecule has 1 unspecified atom stereocenters. The van der Waals surface area contributed by atoms with Gasteiger partial charge in [0, 0.05) is 25.4 Å². The summed E-state index contributed by atoms with van der Waals surface area (Å²) in [5.41, 5.74) is -0.667. The van der Waals surface area contributed by atoms with Crippen molar-refractivity contribution in [3.63, 3.8) is 0 Å². The second-order valence-electron chi connectivity index (χ2n) is 5.13. The lowest BCUT2D eigenvalue weighted by Crippen LogP contribution is -2.35. The van der Waals surface area contributed by atoms with Crippen LogP contribution in [0.15, 0.2) is 12.3 Å². The summed E-state index contributed by atoms with van der Waals surface area (Å²) < 4.78 is 5.36. The van der Waals surface area contributed by atoms with E-state index in [0.29, 0.717) is 44.4 Å². The fourth-order valence-electron chi connectivity index (χ4n) is 2.72. The average Bonchev–Trinajstić information content (AvgIpc) is 2.86. The van der Waals surface area contributed by atoms with Crippen LogP contribution in [0.4, 0.5) is 5.95 Å². The SMILES string of the molecule is CCCC1(C(=O)O)CCN(c2nccc(OCC)n2)C1. The van der Waals surface area contributed by atoms with Crippen LogP contribution in [0.5, 0.6) is 5.88 Å². The maximum atomic E-state index is 11.6. The first-order valence-corrected chi connectivity index (χ1v) is 7.05. The number of ether oxygens (including phenoxy) is 1. The summed E-state index contributed by atoms with van der Waals surface area (Å²) in [7, 11) is 0. The molecular weight excluding hydrogens is 258 g/mol. The zero-order valence-electron chi connectivity index (χ0n) is 12.0. The van der Waals surface area contributed by atoms with E-state index in [1.807, 2.05) is 18.7 Å². The molecule has 0 saturated carbocycles. The predicted molar refractivity (Wildman–Crippen MR) is 75.0 cm³/mol. The maximum Gasteiger partial charge on any atom is 0.311 e. The Kier molecular flexibility index (Phi) is 4.42. The number of anilines is 1. The second kappa shape index (κ2) is 6.07. The summed E-state index contributed by atoms with van der Waals surface area (Å²) in [5, 5.41) is 9.51. The van der Waals surface area contributed by atoms with Crippen molar-refractivity contribution in [2.75, 3.05) is 24.6 Å². The smallest absolute Gasteiger partial charge is 0.311 e. The summed E-state index contributed by atoms with van der Waals surface area (Å²) in [5.74, 6) is 0.360. The fourth-order valence-corrected chi connectivity index (χ4v) is 2.72. The normalized spacial score (nSPS) is 22.0. The molecule has 0 aromatic carbocycles. The van der Waals surface area contributed by atoms with Gasteiger partial charge in [-0.3, -0.25) is 4.79 Å². The lowest BCUT2D eigenvalue weighted by atomic mass is 9.83. The quantitative estimate of drug-likeness (QED) is 0.858. The number of aliphatic carboxylic acids is 1. The molecule has 110 valence electrons. The van der Waals surface area contributed by atoms with E-state index < -0.39 is 11.4 Å². The van der Waals surface area contributed by atoms with Gasteiger partial charge in [0.05, 0.1) is 12.0 Å². The summed E-state index contributed by atoms with van der Waals surface area (Å²) in [4.78, 5) is 22.1. The molecule has 0 bridgehead atoms. The molecule has 1 aliphatic rings. The van der Waals surface area contributed by atoms with Crippen molar-refractivity contribution in [2.45, 2.75) is 33.1 Å². The molecule has 1 saturated heterocycles. The standard InChI is InChI=1S/C14H21N3O3/c1-3-6-14(12(18)19)7-9-17(10-14)13-15-8-5-11(16-13)20-4-2/h5,8H,3-4,6-7,9-10H2,1-2H3,(H,18,19). The highest BCUT2D eigenvalue weighted by Gasteiger charge is 2.44. The van der Waals surface area contributed by atoms with Crippen molar-refractivity contribution < 1.29 is 14.6 Å². The largest absolute Gasteiger partial charge is 0.481 e. The molecule has 2 rings (SSSR count). The highest BCUT2D eigenvalue weighted by Crippen LogP contribution is 2.37. The van der Waals surface area contributed by atoms with Gasteiger partial charge in [-0.2, -0.15) is 4.98 Å². The lowest BCUT2D eigenvalue weighted by Gasteiger charge is -2.24. The third-order valence-corrected chi connectivity index (χ3v) is 3.73. The van der Waals surface area contributed by atoms with Gasteiger partial charge in [-0.25, -0.2) is 4.98 Å². The van der Waals surface area contributed by atoms with Crippen LogP contribution < -0.4 is 9.64 Å². The number of carboxylic acid groups (broad SMARTS) is 1. The van der Waals surface area contributed by atoms with E-state index in [1.165, 1.54) is 0 Å². The molecule has 0 amide bonds. The van der Waals surface area contributed by atoms with Crippen LogP contribution in [-0.4, -0.2) is 40.7 Å². The number of nitrogens with zero attached hydrogens (tertiary/aromatic N) is 3. The van der Waals surface area contributed by atoms with E-state index in [9.17, 15) is 9.90 Å². The lowest BCUT2D eigenvalue weighted by molar-refractivity contribution is -0.148. The van der Waals surface area contributed by atoms with E-state index in [1.54, 1.807) is 12.3 Å². The van der Waals surface area contributed by atoms with Gasteiger partial charge in [-0.1, -0.05) is 13.3 Å². The molecule has 6 nitrogen and oxygen atoms in total. The Morgan fingerprint density at radius 2 is 2.35 bits per heavy atom. The maximum absolute atomic E-state index is 11.6. The summed E-state index contributed by atoms with van der Waals surface area (Å²) in [6.45, 7) is 5.59. The first kappa shape index (κ1) is 14.6. The second-order valence-corrected chi connectivity index (χ2v) is 5.13. The molecule has 1 aromatic rings. The summed E-state index contributed by atoms with van der Waals surface area (Å²) >= 11 is 0. The molecule has 1 atom stereocenters. The Balaban J connectivity index is 2.15. The van der Waals surface area contributed by atoms with Crippen LogP contribution in [0, 0.1) is 5.41 Å². The van der Waals surface area contributed by atoms with Gasteiger partial charge < -0.3 is 14.7 Å². The number of carbonyl (C=O) groups is 1. The van der Waals surface area contributed by atoms with Gasteiger partial charge in [0.25, 0.3) is 0 Å². The van der Waals surface area contributed by atoms with E-state index in [4.69, 9.17) is 4.74 Å². The van der Waals surface area contributed by atoms with Crippen molar-refractivity contribution in [1.29, 1.82) is 0 Å². The Labute approximate surface area is 118 Å². The highest BCUT2D eigenvalue weighted by molar-refractivity contribution is 5.76. The molecule has 1 aromatic heterocycles. The average molecular weight is 279 g/mol. The topological polar surface area (TPSA) is 75.5 Å². The van der Waals surface area contributed by atoms with Gasteiger partial charge in [0.2, 0.25) is 11.8 Å². The molecule has 1 fully saturated rings. The monoisotopic (exact) mass is 279 g/mol. The number of carboxylic acids is 1. The summed E-state index contributed by atoms with van der Waals surface area (Å²) in [6.07, 6.45) is 3.83. The minimum atomic E-state index is -0.720. The Bertz CT molecular complexity index is 480. The van der Waals surface area contributed by atoms with Crippen LogP contribution in [0.3, 0.4) is 0 Å². The fraction of sp³-hybridized carbons (Fsp3) is 0.643. The van der Waals surface area contributed by atoms with Crippen molar-refractivity contribution in [2.24, 2.45) is 5.41 Å². The number of hydrogen-bond donors (Lipinski definition) is 1. The zero-order valence-corrected chi connectivity index (χ0v) is 12.0. The molecule has 1 aliphatic heterocycles. The van der Waals surface area contributed by atoms with Crippen LogP contribution in [-0.2, 0) is 4.79 Å². The highest BCUT2D eigenvalue weighted by atomic mass is 16.5. The van der Waals surface area contributed by atoms with Gasteiger partial charge in [-0.15, -0.1) is 0 Å². The van der Waals surface area contributed by atoms with Gasteiger partial charge >= 0.3 is 5.97 Å². The predicted octanol–water partition coefficient (Wildman–Crippen LogP) is 1.96. The van der Waals surface area contributed by atoms with Crippen LogP contribution in [0.1, 0.15) is 33.1 Å². The van der Waals surface area contributed by atoms with Crippen molar-refractivity contribution >= 4 is 11.9 Å². The van der Waals surface area contributed by atoms with E-state index >= 15 is 0 Å². The summed E-state index contributed by atoms with van der Waals surface area (Å²) in [6, 6.07) is 1.71. The molecule has 0 radical (unpaired) electrons. The van der Waals surface area contributed by atoms with Gasteiger partial charge in [0.1, 0.15) is 0 Å². The van der Waals surface area contributed by atoms with E-state index in [2.05, 4.69) is 9.97 Å². The zero-order chi connectivity index (χ0) is 14.6. The first-order chi connectivity index (χ1) is 9.61. The Morgan fingerprint density at radius 3 is 3.00 bits per heavy atom. The molecule has 0 spiro atoms. The van der Waals surface area contributed by atoms with Crippen LogP contribution in [0.25, 0.3) is 0 Å². The molecule has 1 N–H and O–H groups in total. The minimum Gasteiger partial charge on any atom is -0.481 e. The molecular formula is C14H21N3O3. The van der Waals surface area contributed by atoms with Crippen molar-refractivity contribution in [1.82, 2.24) is 9.97 Å². The minimum absolute atomic E-state index is 0.464. The Hall–Kier alpha value is -1.85. The number of rotatable bonds is 6. The van der Waals surface area contributed by atoms with Crippen molar-refractivity contribution in [3.8, 4) is 5.88 Å². The van der Waals surface area contributed by atoms with Gasteiger partial charge in [0.15, 0.2) is 0 Å². The van der Waals surface area contributed by atoms with Crippen LogP contribution >= 0.6 is 0 Å². The number of aromatic nitrogens is 2. The molecule has 20 heavy (non-hydrogen) atoms. The molecule has 6 heteroatoms. The van der Waals surface area contributed by atoms with E-state index in [-0.39, 0.29) is 0 Å². The molecule has 2 heterocycles. The van der Waals surface area contributed by atoms with Crippen molar-refractivity contribution in [3.05, 3.63) is 12.3 Å². The Morgan fingerprint density at radius 1 is 1.55 bits per heavy atom. The van der Waals surface area contributed by atoms with Crippen LogP contribution in [0.2, 0.25) is 0 Å². The molecule has 0 aliphatic carbocycles. The van der Waals surface area contributed by atoms with Gasteiger partial charge in [-0.05, 0) is 19.8 Å². The first-order valence-electron chi connectivity index (χ1n) is 7.05. The van der Waals surface area contributed by atoms with E-state index in [0.717, 1.165) is 6.42 Å². The number of hydrogen-bond acceptors (Lipinski definition) is 5. The third-order valence-electron chi connectivity index (χ3n) is 3.73. The third kappa shape index (κ3) is 2.84.